The molecule has 160 valence electrons. The molecule has 0 atom stereocenters. The minimum absolute atomic E-state index is 0.144. The van der Waals surface area contributed by atoms with E-state index in [1.54, 1.807) is 11.6 Å². The van der Waals surface area contributed by atoms with Crippen LogP contribution in [0.5, 0.6) is 5.75 Å². The van der Waals surface area contributed by atoms with Crippen molar-refractivity contribution in [3.63, 3.8) is 0 Å². The molecule has 1 amide bonds. The van der Waals surface area contributed by atoms with E-state index in [1.807, 2.05) is 55.5 Å². The van der Waals surface area contributed by atoms with Gasteiger partial charge in [0.2, 0.25) is 0 Å². The van der Waals surface area contributed by atoms with Gasteiger partial charge in [0.25, 0.3) is 11.5 Å². The lowest BCUT2D eigenvalue weighted by Gasteiger charge is -2.10. The van der Waals surface area contributed by atoms with Crippen molar-refractivity contribution in [3.05, 3.63) is 74.9 Å². The van der Waals surface area contributed by atoms with Crippen LogP contribution >= 0.6 is 11.3 Å². The van der Waals surface area contributed by atoms with Crippen molar-refractivity contribution in [1.29, 1.82) is 0 Å². The van der Waals surface area contributed by atoms with Crippen LogP contribution in [-0.2, 0) is 13.6 Å². The molecule has 0 aliphatic heterocycles. The highest BCUT2D eigenvalue weighted by Crippen LogP contribution is 2.39. The lowest BCUT2D eigenvalue weighted by Crippen LogP contribution is -2.23. The molecule has 0 spiro atoms. The summed E-state index contributed by atoms with van der Waals surface area (Å²) < 4.78 is 8.48. The van der Waals surface area contributed by atoms with Gasteiger partial charge in [-0.1, -0.05) is 55.8 Å². The first kappa shape index (κ1) is 21.1. The quantitative estimate of drug-likeness (QED) is 0.408. The molecule has 0 bridgehead atoms. The molecule has 4 aromatic rings. The number of para-hydroxylation sites is 1. The van der Waals surface area contributed by atoms with E-state index in [2.05, 4.69) is 12.2 Å². The predicted octanol–water partition coefficient (Wildman–Crippen LogP) is 5.17. The molecule has 4 rings (SSSR count). The number of rotatable bonds is 7. The van der Waals surface area contributed by atoms with Gasteiger partial charge in [0.05, 0.1) is 16.8 Å². The number of thiophene rings is 1. The molecule has 0 unspecified atom stereocenters. The zero-order chi connectivity index (χ0) is 22.0. The summed E-state index contributed by atoms with van der Waals surface area (Å²) in [5.74, 6) is 0.184. The maximum Gasteiger partial charge on any atom is 0.265 e. The van der Waals surface area contributed by atoms with Crippen LogP contribution in [0.3, 0.4) is 0 Å². The van der Waals surface area contributed by atoms with Crippen LogP contribution in [0, 0.1) is 6.92 Å². The Morgan fingerprint density at radius 2 is 1.87 bits per heavy atom. The van der Waals surface area contributed by atoms with Crippen LogP contribution in [0.2, 0.25) is 0 Å². The molecule has 2 aromatic heterocycles. The number of fused-ring (bicyclic) bond motifs is 3. The zero-order valence-corrected chi connectivity index (χ0v) is 18.8. The molecule has 0 aliphatic carbocycles. The Morgan fingerprint density at radius 1 is 1.13 bits per heavy atom. The van der Waals surface area contributed by atoms with Gasteiger partial charge in [-0.3, -0.25) is 9.59 Å². The van der Waals surface area contributed by atoms with Crippen LogP contribution < -0.4 is 15.6 Å². The topological polar surface area (TPSA) is 60.3 Å². The summed E-state index contributed by atoms with van der Waals surface area (Å²) in [6, 6.07) is 15.7. The van der Waals surface area contributed by atoms with Crippen molar-refractivity contribution >= 4 is 38.2 Å². The third-order valence-electron chi connectivity index (χ3n) is 5.54. The number of unbranched alkanes of at least 4 members (excludes halogenated alkanes) is 1. The Morgan fingerprint density at radius 3 is 2.65 bits per heavy atom. The Labute approximate surface area is 185 Å². The monoisotopic (exact) mass is 434 g/mol. The number of carbonyl (C=O) groups is 1. The average molecular weight is 435 g/mol. The van der Waals surface area contributed by atoms with E-state index < -0.39 is 0 Å². The Bertz CT molecular complexity index is 1320. The number of aryl methyl sites for hydroxylation is 2. The van der Waals surface area contributed by atoms with Crippen molar-refractivity contribution in [1.82, 2.24) is 9.88 Å². The van der Waals surface area contributed by atoms with Crippen molar-refractivity contribution in [2.24, 2.45) is 7.05 Å². The largest absolute Gasteiger partial charge is 0.491 e. The van der Waals surface area contributed by atoms with E-state index in [0.29, 0.717) is 29.2 Å². The number of benzene rings is 2. The Hall–Kier alpha value is -3.12. The number of pyridine rings is 1. The first-order chi connectivity index (χ1) is 15.0. The van der Waals surface area contributed by atoms with Crippen molar-refractivity contribution in [3.8, 4) is 5.75 Å². The van der Waals surface area contributed by atoms with Gasteiger partial charge < -0.3 is 14.6 Å². The third-order valence-corrected chi connectivity index (χ3v) is 6.75. The maximum atomic E-state index is 13.2. The molecule has 31 heavy (non-hydrogen) atoms. The molecule has 0 saturated carbocycles. The number of hydrogen-bond acceptors (Lipinski definition) is 4. The summed E-state index contributed by atoms with van der Waals surface area (Å²) in [5.41, 5.74) is 2.88. The van der Waals surface area contributed by atoms with Gasteiger partial charge in [0, 0.05) is 19.0 Å². The standard InChI is InChI=1S/C25H26N2O3S/c1-4-5-14-30-21-20-22(18-12-8-9-13-19(18)27(3)25(20)29)31-23(21)24(28)26-15-17-11-7-6-10-16(17)2/h6-13H,4-5,14-15H2,1-3H3,(H,26,28). The van der Waals surface area contributed by atoms with Gasteiger partial charge in [0.1, 0.15) is 10.3 Å². The first-order valence-electron chi connectivity index (χ1n) is 10.5. The second kappa shape index (κ2) is 8.94. The molecule has 0 aliphatic rings. The van der Waals surface area contributed by atoms with Crippen LogP contribution in [-0.4, -0.2) is 17.1 Å². The summed E-state index contributed by atoms with van der Waals surface area (Å²) in [5, 5.41) is 4.45. The van der Waals surface area contributed by atoms with Gasteiger partial charge >= 0.3 is 0 Å². The third kappa shape index (κ3) is 3.95. The van der Waals surface area contributed by atoms with Crippen LogP contribution in [0.25, 0.3) is 21.0 Å². The maximum absolute atomic E-state index is 13.2. The minimum Gasteiger partial charge on any atom is -0.491 e. The van der Waals surface area contributed by atoms with Crippen molar-refractivity contribution < 1.29 is 9.53 Å². The summed E-state index contributed by atoms with van der Waals surface area (Å²) in [7, 11) is 1.76. The highest BCUT2D eigenvalue weighted by atomic mass is 32.1. The summed E-state index contributed by atoms with van der Waals surface area (Å²) in [6.07, 6.45) is 1.83. The number of amides is 1. The normalized spacial score (nSPS) is 11.2. The summed E-state index contributed by atoms with van der Waals surface area (Å²) in [4.78, 5) is 26.9. The van der Waals surface area contributed by atoms with E-state index >= 15 is 0 Å². The first-order valence-corrected chi connectivity index (χ1v) is 11.3. The fourth-order valence-electron chi connectivity index (χ4n) is 3.71. The Kier molecular flexibility index (Phi) is 6.09. The molecular formula is C25H26N2O3S. The number of hydrogen-bond donors (Lipinski definition) is 1. The lowest BCUT2D eigenvalue weighted by molar-refractivity contribution is 0.0951. The van der Waals surface area contributed by atoms with E-state index in [0.717, 1.165) is 39.6 Å². The molecule has 2 aromatic carbocycles. The van der Waals surface area contributed by atoms with E-state index in [1.165, 1.54) is 11.3 Å². The lowest BCUT2D eigenvalue weighted by atomic mass is 10.1. The fraction of sp³-hybridized carbons (Fsp3) is 0.280. The SMILES string of the molecule is CCCCOc1c(C(=O)NCc2ccccc2C)sc2c1c(=O)n(C)c1ccccc21. The second-order valence-electron chi connectivity index (χ2n) is 7.66. The van der Waals surface area contributed by atoms with Gasteiger partial charge in [-0.2, -0.15) is 0 Å². The zero-order valence-electron chi connectivity index (χ0n) is 18.0. The van der Waals surface area contributed by atoms with Crippen LogP contribution in [0.15, 0.2) is 53.3 Å². The van der Waals surface area contributed by atoms with Gasteiger partial charge in [0.15, 0.2) is 5.75 Å². The van der Waals surface area contributed by atoms with E-state index in [9.17, 15) is 9.59 Å². The molecule has 5 nitrogen and oxygen atoms in total. The second-order valence-corrected chi connectivity index (χ2v) is 8.68. The van der Waals surface area contributed by atoms with E-state index in [4.69, 9.17) is 4.74 Å². The highest BCUT2D eigenvalue weighted by Gasteiger charge is 2.24. The smallest absolute Gasteiger partial charge is 0.265 e. The number of carbonyl (C=O) groups excluding carboxylic acids is 1. The molecule has 1 N–H and O–H groups in total. The van der Waals surface area contributed by atoms with Crippen LogP contribution in [0.1, 0.15) is 40.6 Å². The number of ether oxygens (including phenoxy) is 1. The number of nitrogens with one attached hydrogen (secondary N) is 1. The summed E-state index contributed by atoms with van der Waals surface area (Å²) >= 11 is 1.33. The molecule has 0 fully saturated rings. The molecular weight excluding hydrogens is 408 g/mol. The van der Waals surface area contributed by atoms with Gasteiger partial charge in [-0.15, -0.1) is 11.3 Å². The number of aromatic nitrogens is 1. The van der Waals surface area contributed by atoms with Crippen molar-refractivity contribution in [2.45, 2.75) is 33.2 Å². The van der Waals surface area contributed by atoms with Gasteiger partial charge in [-0.05, 0) is 30.5 Å². The van der Waals surface area contributed by atoms with Crippen LogP contribution in [0.4, 0.5) is 0 Å². The average Bonchev–Trinajstić information content (AvgIpc) is 3.17. The van der Waals surface area contributed by atoms with Gasteiger partial charge in [-0.25, -0.2) is 0 Å². The summed E-state index contributed by atoms with van der Waals surface area (Å²) in [6.45, 7) is 5.00. The fourth-order valence-corrected chi connectivity index (χ4v) is 4.89. The number of nitrogens with zero attached hydrogens (tertiary/aromatic N) is 1. The molecule has 0 saturated heterocycles. The molecule has 2 heterocycles. The van der Waals surface area contributed by atoms with E-state index in [-0.39, 0.29) is 11.5 Å². The Balaban J connectivity index is 1.81. The minimum atomic E-state index is -0.220. The molecule has 0 radical (unpaired) electrons. The predicted molar refractivity (Wildman–Crippen MR) is 127 cm³/mol. The molecule has 6 heteroatoms. The van der Waals surface area contributed by atoms with Crippen molar-refractivity contribution in [2.75, 3.05) is 6.61 Å². The highest BCUT2D eigenvalue weighted by molar-refractivity contribution is 7.22.